The van der Waals surface area contributed by atoms with Gasteiger partial charge in [0.15, 0.2) is 5.78 Å². The SMILES string of the molecule is Cl.NC1CCC2C(C1=O)[C@@H]1C=C[C@H]2CC1.O=C1C(Br)CC[C@@H]2[C@H]1[C@@H]1C=C[C@H]2CC1.O=C1CCC[C@@H]2[C@H]1[C@@H]1C=C[C@H]2CC1.[N-]=[N+]=NC1CCC2C(C1=O)[C@@H]1C=C[C@H]2CC1. The van der Waals surface area contributed by atoms with E-state index in [4.69, 9.17) is 11.3 Å². The molecule has 8 bridgehead atoms. The van der Waals surface area contributed by atoms with E-state index < -0.39 is 0 Å². The highest BCUT2D eigenvalue weighted by Crippen LogP contribution is 2.53. The molecule has 0 saturated heterocycles. The summed E-state index contributed by atoms with van der Waals surface area (Å²) in [7, 11) is 0. The van der Waals surface area contributed by atoms with Crippen molar-refractivity contribution in [1.82, 2.24) is 0 Å². The van der Waals surface area contributed by atoms with Gasteiger partial charge in [-0.3, -0.25) is 19.2 Å². The van der Waals surface area contributed by atoms with E-state index >= 15 is 0 Å². The minimum absolute atomic E-state index is 0. The van der Waals surface area contributed by atoms with E-state index in [9.17, 15) is 19.2 Å². The average Bonchev–Trinajstić information content (AvgIpc) is 3.27. The van der Waals surface area contributed by atoms with Crippen LogP contribution in [0.3, 0.4) is 0 Å². The van der Waals surface area contributed by atoms with Gasteiger partial charge < -0.3 is 5.73 Å². The van der Waals surface area contributed by atoms with Gasteiger partial charge >= 0.3 is 0 Å². The number of nitrogens with zero attached hydrogens (tertiary/aromatic N) is 3. The molecule has 10 heteroatoms. The lowest BCUT2D eigenvalue weighted by molar-refractivity contribution is -0.133. The normalized spacial score (nSPS) is 47.6. The minimum atomic E-state index is -0.390. The summed E-state index contributed by atoms with van der Waals surface area (Å²) in [5, 5.41) is 3.65. The number of carbonyl (C=O) groups is 4. The molecule has 16 aliphatic rings. The Labute approximate surface area is 359 Å². The highest BCUT2D eigenvalue weighted by atomic mass is 79.9. The minimum Gasteiger partial charge on any atom is -0.321 e. The van der Waals surface area contributed by atoms with Crippen LogP contribution in [0.15, 0.2) is 53.7 Å². The summed E-state index contributed by atoms with van der Waals surface area (Å²) in [5.41, 5.74) is 14.3. The lowest BCUT2D eigenvalue weighted by Crippen LogP contribution is -2.51. The average molecular weight is 876 g/mol. The van der Waals surface area contributed by atoms with Crippen molar-refractivity contribution in [3.63, 3.8) is 0 Å². The number of nitrogens with two attached hydrogens (primary N) is 1. The Morgan fingerprint density at radius 2 is 0.897 bits per heavy atom. The van der Waals surface area contributed by atoms with Gasteiger partial charge in [-0.2, -0.15) is 0 Å². The van der Waals surface area contributed by atoms with Gasteiger partial charge in [0.1, 0.15) is 17.3 Å². The molecule has 0 radical (unpaired) electrons. The molecule has 8 saturated carbocycles. The zero-order valence-electron chi connectivity index (χ0n) is 33.9. The van der Waals surface area contributed by atoms with Gasteiger partial charge in [0.05, 0.1) is 16.9 Å². The van der Waals surface area contributed by atoms with Crippen LogP contribution in [0.1, 0.15) is 109 Å². The number of ketones is 4. The van der Waals surface area contributed by atoms with E-state index in [0.29, 0.717) is 88.4 Å². The van der Waals surface area contributed by atoms with Crippen molar-refractivity contribution in [3.8, 4) is 0 Å². The summed E-state index contributed by atoms with van der Waals surface area (Å²) in [4.78, 5) is 51.0. The molecule has 16 aliphatic carbocycles. The monoisotopic (exact) mass is 874 g/mol. The Balaban J connectivity index is 0.000000108. The van der Waals surface area contributed by atoms with E-state index in [0.717, 1.165) is 56.8 Å². The molecule has 16 rings (SSSR count). The first-order valence-electron chi connectivity index (χ1n) is 23.0. The van der Waals surface area contributed by atoms with Gasteiger partial charge in [0.2, 0.25) is 0 Å². The van der Waals surface area contributed by atoms with Crippen LogP contribution in [0.5, 0.6) is 0 Å². The maximum Gasteiger partial charge on any atom is 0.153 e. The fraction of sp³-hybridized carbons (Fsp3) is 0.750. The quantitative estimate of drug-likeness (QED) is 0.0917. The molecule has 0 spiro atoms. The first kappa shape index (κ1) is 42.4. The van der Waals surface area contributed by atoms with E-state index in [1.165, 1.54) is 64.2 Å². The molecule has 2 N–H and O–H groups in total. The number of Topliss-reactive ketones (excluding diaryl/α,β-unsaturated/α-hetero) is 4. The van der Waals surface area contributed by atoms with Crippen molar-refractivity contribution < 1.29 is 19.2 Å². The molecule has 0 aromatic carbocycles. The van der Waals surface area contributed by atoms with Crippen LogP contribution in [0.2, 0.25) is 0 Å². The van der Waals surface area contributed by atoms with Crippen LogP contribution in [0.25, 0.3) is 10.4 Å². The lowest BCUT2D eigenvalue weighted by atomic mass is 9.56. The van der Waals surface area contributed by atoms with Crippen LogP contribution in [0.4, 0.5) is 0 Å². The molecule has 58 heavy (non-hydrogen) atoms. The molecule has 0 amide bonds. The second kappa shape index (κ2) is 18.0. The Kier molecular flexibility index (Phi) is 13.1. The van der Waals surface area contributed by atoms with Crippen LogP contribution < -0.4 is 5.73 Å². The van der Waals surface area contributed by atoms with Crippen LogP contribution >= 0.6 is 28.3 Å². The summed E-state index contributed by atoms with van der Waals surface area (Å²) >= 11 is 3.51. The van der Waals surface area contributed by atoms with E-state index in [1.54, 1.807) is 0 Å². The first-order chi connectivity index (χ1) is 27.7. The molecule has 0 aromatic heterocycles. The molecule has 0 aromatic rings. The van der Waals surface area contributed by atoms with Gasteiger partial charge in [0, 0.05) is 35.0 Å². The number of fused-ring (bicyclic) bond motifs is 4. The standard InChI is InChI=1S/C12H15BrO.C12H15N3O.C12H17NO.C12H16O.ClH/c13-10-6-5-9-7-1-3-8(4-2-7)11(9)12(10)14;13-15-14-10-6-5-9-7-1-3-8(4-2-7)11(9)12(10)16;13-10-6-5-9-7-1-3-8(4-2-7)11(9)12(10)14;13-11-3-1-2-10-8-4-6-9(7-5-8)12(10)11;/h1,3,7-11H,2,4-6H2;1,3,7-11H,2,4-6H2;1,3,7-11H,2,4-6,13H2;4,6,8-10,12H,1-3,5,7H2;1H/t7-,8+,9-,10?,11+;2*7-,8+,9?,10?,11?;8-,9+,10-,12+;/m0000./s1. The Morgan fingerprint density at radius 1 is 0.500 bits per heavy atom. The third-order valence-corrected chi connectivity index (χ3v) is 18.4. The second-order valence-corrected chi connectivity index (χ2v) is 21.1. The fourth-order valence-corrected chi connectivity index (χ4v) is 15.3. The van der Waals surface area contributed by atoms with Crippen LogP contribution in [-0.2, 0) is 19.2 Å². The molecular weight excluding hydrogens is 812 g/mol. The highest BCUT2D eigenvalue weighted by Gasteiger charge is 2.51. The number of allylic oxidation sites excluding steroid dienone is 8. The van der Waals surface area contributed by atoms with Crippen molar-refractivity contribution in [2.45, 2.75) is 126 Å². The van der Waals surface area contributed by atoms with Crippen molar-refractivity contribution in [3.05, 3.63) is 59.1 Å². The Hall–Kier alpha value is -2.32. The van der Waals surface area contributed by atoms with Gasteiger partial charge in [-0.25, -0.2) is 0 Å². The highest BCUT2D eigenvalue weighted by molar-refractivity contribution is 9.10. The number of alkyl halides is 1. The van der Waals surface area contributed by atoms with Gasteiger partial charge in [0.25, 0.3) is 0 Å². The predicted molar refractivity (Wildman–Crippen MR) is 232 cm³/mol. The molecule has 0 heterocycles. The molecular formula is C48H64BrClN4O4. The van der Waals surface area contributed by atoms with Gasteiger partial charge in [-0.05, 0) is 179 Å². The summed E-state index contributed by atoms with van der Waals surface area (Å²) in [6.07, 6.45) is 38.1. The number of rotatable bonds is 1. The summed E-state index contributed by atoms with van der Waals surface area (Å²) in [6, 6.07) is -0.553. The second-order valence-electron chi connectivity index (χ2n) is 20.0. The number of carbonyl (C=O) groups excluding carboxylic acids is 4. The number of hydrogen-bond acceptors (Lipinski definition) is 6. The summed E-state index contributed by atoms with van der Waals surface area (Å²) in [5.74, 6) is 10.2. The largest absolute Gasteiger partial charge is 0.321 e. The number of azide groups is 1. The van der Waals surface area contributed by atoms with Crippen molar-refractivity contribution in [2.75, 3.05) is 0 Å². The fourth-order valence-electron chi connectivity index (χ4n) is 14.8. The molecule has 8 nitrogen and oxygen atoms in total. The molecule has 8 fully saturated rings. The smallest absolute Gasteiger partial charge is 0.153 e. The topological polar surface area (TPSA) is 143 Å². The maximum absolute atomic E-state index is 12.2. The number of hydrogen-bond donors (Lipinski definition) is 1. The Morgan fingerprint density at radius 3 is 1.36 bits per heavy atom. The predicted octanol–water partition coefficient (Wildman–Crippen LogP) is 10.3. The van der Waals surface area contributed by atoms with Gasteiger partial charge in [-0.1, -0.05) is 69.7 Å². The summed E-state index contributed by atoms with van der Waals surface area (Å²) < 4.78 is 0. The molecule has 0 aliphatic heterocycles. The van der Waals surface area contributed by atoms with Crippen molar-refractivity contribution in [2.24, 2.45) is 106 Å². The van der Waals surface area contributed by atoms with Crippen molar-refractivity contribution in [1.29, 1.82) is 0 Å². The third kappa shape index (κ3) is 7.86. The molecule has 314 valence electrons. The Bertz CT molecular complexity index is 1710. The molecule has 19 atom stereocenters. The zero-order valence-corrected chi connectivity index (χ0v) is 36.3. The molecule has 7 unspecified atom stereocenters. The third-order valence-electron chi connectivity index (χ3n) is 17.5. The first-order valence-corrected chi connectivity index (χ1v) is 23.9. The van der Waals surface area contributed by atoms with Gasteiger partial charge in [-0.15, -0.1) is 12.4 Å². The van der Waals surface area contributed by atoms with E-state index in [1.807, 2.05) is 0 Å². The number of halogens is 2. The lowest BCUT2D eigenvalue weighted by Gasteiger charge is -2.47. The van der Waals surface area contributed by atoms with Crippen molar-refractivity contribution >= 4 is 51.5 Å². The van der Waals surface area contributed by atoms with Crippen LogP contribution in [0, 0.1) is 94.7 Å². The maximum atomic E-state index is 12.2. The van der Waals surface area contributed by atoms with E-state index in [-0.39, 0.29) is 46.9 Å². The summed E-state index contributed by atoms with van der Waals surface area (Å²) in [6.45, 7) is 0. The van der Waals surface area contributed by atoms with Crippen LogP contribution in [-0.4, -0.2) is 40.0 Å². The zero-order chi connectivity index (χ0) is 39.4. The van der Waals surface area contributed by atoms with E-state index in [2.05, 4.69) is 74.6 Å².